The Balaban J connectivity index is 1.95. The molecule has 0 saturated heterocycles. The van der Waals surface area contributed by atoms with E-state index in [1.165, 1.54) is 10.8 Å². The van der Waals surface area contributed by atoms with Crippen molar-refractivity contribution < 1.29 is 9.09 Å². The number of fused-ring (bicyclic) bond motifs is 2. The molecule has 0 radical (unpaired) electrons. The van der Waals surface area contributed by atoms with Crippen molar-refractivity contribution in [3.63, 3.8) is 0 Å². The van der Waals surface area contributed by atoms with Crippen LogP contribution >= 0.6 is 30.0 Å². The number of rotatable bonds is 5. The van der Waals surface area contributed by atoms with Gasteiger partial charge in [-0.15, -0.1) is 0 Å². The summed E-state index contributed by atoms with van der Waals surface area (Å²) < 4.78 is 19.8. The van der Waals surface area contributed by atoms with Gasteiger partial charge in [-0.05, 0) is 57.1 Å². The lowest BCUT2D eigenvalue weighted by Gasteiger charge is -2.16. The highest BCUT2D eigenvalue weighted by atomic mass is 127. The number of hydrogen-bond donors (Lipinski definition) is 0. The minimum Gasteiger partial charge on any atom is -0.425 e. The van der Waals surface area contributed by atoms with Gasteiger partial charge in [0.2, 0.25) is 13.2 Å². The zero-order valence-corrected chi connectivity index (χ0v) is 18.9. The second kappa shape index (κ2) is 7.84. The molecule has 0 spiro atoms. The van der Waals surface area contributed by atoms with E-state index in [0.717, 1.165) is 25.6 Å². The monoisotopic (exact) mass is 501 g/mol. The van der Waals surface area contributed by atoms with Gasteiger partial charge in [0, 0.05) is 32.9 Å². The van der Waals surface area contributed by atoms with E-state index < -0.39 is 7.37 Å². The van der Waals surface area contributed by atoms with Gasteiger partial charge in [-0.3, -0.25) is 4.57 Å². The van der Waals surface area contributed by atoms with Crippen molar-refractivity contribution in [2.45, 2.75) is 13.8 Å². The number of halogens is 1. The fourth-order valence-electron chi connectivity index (χ4n) is 3.42. The Morgan fingerprint density at radius 2 is 1.64 bits per heavy atom. The minimum atomic E-state index is -2.68. The standard InChI is InChI=1S/C23H21INO2P/c1-3-28(26,4-2)27-22-13-12-17-14-18(24)15-21(23(17)25-22)20-11-7-9-16-8-5-6-10-19(16)20/h5-15H,3-4H2,1-2H3. The van der Waals surface area contributed by atoms with Crippen molar-refractivity contribution in [1.29, 1.82) is 0 Å². The molecule has 0 bridgehead atoms. The molecule has 0 fully saturated rings. The summed E-state index contributed by atoms with van der Waals surface area (Å²) in [4.78, 5) is 4.78. The second-order valence-electron chi connectivity index (χ2n) is 6.74. The number of benzene rings is 3. The normalized spacial score (nSPS) is 11.8. The molecule has 3 nitrogen and oxygen atoms in total. The minimum absolute atomic E-state index is 0.433. The molecule has 4 rings (SSSR count). The number of nitrogens with zero attached hydrogens (tertiary/aromatic N) is 1. The molecular weight excluding hydrogens is 480 g/mol. The van der Waals surface area contributed by atoms with Crippen molar-refractivity contribution in [3.05, 3.63) is 70.3 Å². The Morgan fingerprint density at radius 1 is 0.893 bits per heavy atom. The van der Waals surface area contributed by atoms with Crippen molar-refractivity contribution in [3.8, 4) is 17.0 Å². The van der Waals surface area contributed by atoms with Crippen molar-refractivity contribution in [1.82, 2.24) is 4.98 Å². The summed E-state index contributed by atoms with van der Waals surface area (Å²) in [6, 6.07) is 22.8. The van der Waals surface area contributed by atoms with Crippen LogP contribution in [0.15, 0.2) is 66.7 Å². The van der Waals surface area contributed by atoms with E-state index >= 15 is 0 Å². The molecule has 142 valence electrons. The third-order valence-corrected chi connectivity index (χ3v) is 8.10. The van der Waals surface area contributed by atoms with Gasteiger partial charge in [-0.1, -0.05) is 56.3 Å². The lowest BCUT2D eigenvalue weighted by molar-refractivity contribution is 0.475. The van der Waals surface area contributed by atoms with Crippen LogP contribution in [0.25, 0.3) is 32.8 Å². The molecule has 0 aliphatic carbocycles. The maximum absolute atomic E-state index is 12.8. The van der Waals surface area contributed by atoms with E-state index in [1.54, 1.807) is 0 Å². The summed E-state index contributed by atoms with van der Waals surface area (Å²) in [5.41, 5.74) is 3.07. The van der Waals surface area contributed by atoms with Crippen LogP contribution in [0.4, 0.5) is 0 Å². The van der Waals surface area contributed by atoms with Gasteiger partial charge in [-0.2, -0.15) is 0 Å². The van der Waals surface area contributed by atoms with Crippen LogP contribution < -0.4 is 4.52 Å². The smallest absolute Gasteiger partial charge is 0.249 e. The molecule has 0 unspecified atom stereocenters. The Kier molecular flexibility index (Phi) is 5.44. The second-order valence-corrected chi connectivity index (χ2v) is 11.1. The summed E-state index contributed by atoms with van der Waals surface area (Å²) in [7, 11) is -2.68. The molecule has 5 heteroatoms. The van der Waals surface area contributed by atoms with Crippen LogP contribution in [0.5, 0.6) is 5.88 Å². The Bertz CT molecular complexity index is 1210. The van der Waals surface area contributed by atoms with Gasteiger partial charge >= 0.3 is 0 Å². The highest BCUT2D eigenvalue weighted by Gasteiger charge is 2.20. The lowest BCUT2D eigenvalue weighted by Crippen LogP contribution is -2.00. The predicted octanol–water partition coefficient (Wildman–Crippen LogP) is 7.36. The molecule has 3 aromatic carbocycles. The van der Waals surface area contributed by atoms with Crippen molar-refractivity contribution in [2.75, 3.05) is 12.3 Å². The fraction of sp³-hybridized carbons (Fsp3) is 0.174. The maximum atomic E-state index is 12.8. The molecule has 0 atom stereocenters. The van der Waals surface area contributed by atoms with Crippen LogP contribution in [0.2, 0.25) is 0 Å². The van der Waals surface area contributed by atoms with Crippen LogP contribution in [-0.4, -0.2) is 17.3 Å². The van der Waals surface area contributed by atoms with Crippen LogP contribution in [0.3, 0.4) is 0 Å². The Labute approximate surface area is 178 Å². The molecular formula is C23H21INO2P. The topological polar surface area (TPSA) is 39.2 Å². The van der Waals surface area contributed by atoms with Crippen molar-refractivity contribution in [2.24, 2.45) is 0 Å². The number of hydrogen-bond acceptors (Lipinski definition) is 3. The third-order valence-electron chi connectivity index (χ3n) is 5.03. The quantitative estimate of drug-likeness (QED) is 0.212. The zero-order valence-electron chi connectivity index (χ0n) is 15.9. The fourth-order valence-corrected chi connectivity index (χ4v) is 5.22. The molecule has 1 aromatic heterocycles. The molecule has 4 aromatic rings. The van der Waals surface area contributed by atoms with Crippen LogP contribution in [-0.2, 0) is 4.57 Å². The number of aromatic nitrogens is 1. The first-order valence-electron chi connectivity index (χ1n) is 9.39. The number of pyridine rings is 1. The first-order valence-corrected chi connectivity index (χ1v) is 12.5. The highest BCUT2D eigenvalue weighted by molar-refractivity contribution is 14.1. The van der Waals surface area contributed by atoms with E-state index in [0.29, 0.717) is 18.2 Å². The largest absolute Gasteiger partial charge is 0.425 e. The third kappa shape index (κ3) is 3.68. The van der Waals surface area contributed by atoms with Gasteiger partial charge in [0.25, 0.3) is 0 Å². The average molecular weight is 501 g/mol. The van der Waals surface area contributed by atoms with Gasteiger partial charge in [0.1, 0.15) is 0 Å². The van der Waals surface area contributed by atoms with E-state index in [2.05, 4.69) is 77.2 Å². The molecule has 0 N–H and O–H groups in total. The summed E-state index contributed by atoms with van der Waals surface area (Å²) in [5.74, 6) is 0.433. The molecule has 0 saturated carbocycles. The van der Waals surface area contributed by atoms with E-state index in [-0.39, 0.29) is 0 Å². The van der Waals surface area contributed by atoms with Gasteiger partial charge in [-0.25, -0.2) is 4.98 Å². The van der Waals surface area contributed by atoms with Gasteiger partial charge < -0.3 is 4.52 Å². The van der Waals surface area contributed by atoms with Crippen LogP contribution in [0, 0.1) is 3.57 Å². The first kappa shape index (κ1) is 19.4. The van der Waals surface area contributed by atoms with Gasteiger partial charge in [0.05, 0.1) is 5.52 Å². The molecule has 1 heterocycles. The Morgan fingerprint density at radius 3 is 2.43 bits per heavy atom. The van der Waals surface area contributed by atoms with E-state index in [4.69, 9.17) is 9.51 Å². The van der Waals surface area contributed by atoms with Gasteiger partial charge in [0.15, 0.2) is 0 Å². The van der Waals surface area contributed by atoms with E-state index in [1.807, 2.05) is 26.0 Å². The summed E-state index contributed by atoms with van der Waals surface area (Å²) >= 11 is 2.34. The average Bonchev–Trinajstić information content (AvgIpc) is 2.73. The van der Waals surface area contributed by atoms with E-state index in [9.17, 15) is 4.57 Å². The van der Waals surface area contributed by atoms with Crippen molar-refractivity contribution >= 4 is 51.6 Å². The maximum Gasteiger partial charge on any atom is 0.249 e. The lowest BCUT2D eigenvalue weighted by atomic mass is 9.96. The first-order chi connectivity index (χ1) is 13.5. The highest BCUT2D eigenvalue weighted by Crippen LogP contribution is 2.46. The van der Waals surface area contributed by atoms with Crippen LogP contribution in [0.1, 0.15) is 13.8 Å². The summed E-state index contributed by atoms with van der Waals surface area (Å²) in [6.45, 7) is 3.80. The Hall–Kier alpha value is -1.91. The molecule has 0 amide bonds. The zero-order chi connectivity index (χ0) is 19.7. The SMILES string of the molecule is CCP(=O)(CC)Oc1ccc2cc(I)cc(-c3cccc4ccccc34)c2n1. The molecule has 0 aliphatic rings. The molecule has 28 heavy (non-hydrogen) atoms. The summed E-state index contributed by atoms with van der Waals surface area (Å²) in [5, 5.41) is 3.43. The predicted molar refractivity (Wildman–Crippen MR) is 127 cm³/mol. The molecule has 0 aliphatic heterocycles. The summed E-state index contributed by atoms with van der Waals surface area (Å²) in [6.07, 6.45) is 1.01.